The van der Waals surface area contributed by atoms with E-state index in [1.807, 2.05) is 22.6 Å². The van der Waals surface area contributed by atoms with E-state index < -0.39 is 34.6 Å². The van der Waals surface area contributed by atoms with E-state index in [1.54, 1.807) is 6.07 Å². The maximum Gasteiger partial charge on any atom is 0.277 e. The van der Waals surface area contributed by atoms with Crippen LogP contribution in [0.2, 0.25) is 0 Å². The van der Waals surface area contributed by atoms with Gasteiger partial charge >= 0.3 is 0 Å². The van der Waals surface area contributed by atoms with E-state index in [1.165, 1.54) is 12.1 Å². The molecular weight excluding hydrogens is 596 g/mol. The van der Waals surface area contributed by atoms with Crippen molar-refractivity contribution >= 4 is 46.1 Å². The molecule has 0 atom stereocenters. The van der Waals surface area contributed by atoms with Gasteiger partial charge in [0.1, 0.15) is 12.4 Å². The average Bonchev–Trinajstić information content (AvgIpc) is 2.86. The van der Waals surface area contributed by atoms with Gasteiger partial charge in [0.2, 0.25) is 0 Å². The third kappa shape index (κ3) is 7.77. The van der Waals surface area contributed by atoms with Crippen LogP contribution in [0, 0.1) is 21.0 Å². The lowest BCUT2D eigenvalue weighted by molar-refractivity contribution is 0.0132. The Balaban J connectivity index is 1.79. The summed E-state index contributed by atoms with van der Waals surface area (Å²) < 4.78 is 44.8. The standard InChI is InChI=1S/C23H26F3IN4O5/c24-18-12-15(27)1-2-19(18)29-22-17(11-14(20(25)21(22)26)13-28-35-10-8-32)23(34)30-36-9-7-31-5-3-16(33)4-6-31/h1-2,11-13,16,29,32-33H,3-10H2,(H,30,34)/b28-13+. The first-order valence-corrected chi connectivity index (χ1v) is 12.2. The van der Waals surface area contributed by atoms with Crippen LogP contribution in [0.5, 0.6) is 0 Å². The van der Waals surface area contributed by atoms with E-state index >= 15 is 4.39 Å². The van der Waals surface area contributed by atoms with Gasteiger partial charge in [0.05, 0.1) is 42.5 Å². The molecule has 0 unspecified atom stereocenters. The smallest absolute Gasteiger partial charge is 0.277 e. The molecule has 0 aliphatic carbocycles. The SMILES string of the molecule is O=C(NOCCN1CCC(O)CC1)c1cc(/C=N/OCCO)c(F)c(F)c1Nc1ccc(I)cc1F. The van der Waals surface area contributed by atoms with Crippen molar-refractivity contribution < 1.29 is 37.9 Å². The summed E-state index contributed by atoms with van der Waals surface area (Å²) in [6.45, 7) is 1.50. The van der Waals surface area contributed by atoms with Crippen molar-refractivity contribution in [3.8, 4) is 0 Å². The van der Waals surface area contributed by atoms with Crippen LogP contribution in [0.3, 0.4) is 0 Å². The maximum absolute atomic E-state index is 15.1. The summed E-state index contributed by atoms with van der Waals surface area (Å²) >= 11 is 1.90. The Morgan fingerprint density at radius 2 is 1.94 bits per heavy atom. The number of aliphatic hydroxyl groups is 2. The van der Waals surface area contributed by atoms with Gasteiger partial charge in [-0.15, -0.1) is 0 Å². The van der Waals surface area contributed by atoms with Crippen molar-refractivity contribution in [3.05, 3.63) is 56.4 Å². The summed E-state index contributed by atoms with van der Waals surface area (Å²) in [5.41, 5.74) is 0.675. The molecule has 2 aromatic carbocycles. The lowest BCUT2D eigenvalue weighted by Gasteiger charge is -2.29. The van der Waals surface area contributed by atoms with E-state index in [4.69, 9.17) is 14.8 Å². The second-order valence-corrected chi connectivity index (χ2v) is 9.15. The van der Waals surface area contributed by atoms with Crippen LogP contribution >= 0.6 is 22.6 Å². The van der Waals surface area contributed by atoms with Gasteiger partial charge in [0, 0.05) is 28.8 Å². The fourth-order valence-corrected chi connectivity index (χ4v) is 3.90. The van der Waals surface area contributed by atoms with E-state index in [9.17, 15) is 18.7 Å². The molecule has 0 bridgehead atoms. The van der Waals surface area contributed by atoms with Crippen molar-refractivity contribution in [3.63, 3.8) is 0 Å². The molecule has 36 heavy (non-hydrogen) atoms. The first-order chi connectivity index (χ1) is 17.3. The number of hydrogen-bond acceptors (Lipinski definition) is 8. The average molecular weight is 622 g/mol. The van der Waals surface area contributed by atoms with Gasteiger partial charge in [0.25, 0.3) is 5.91 Å². The number of nitrogens with one attached hydrogen (secondary N) is 2. The summed E-state index contributed by atoms with van der Waals surface area (Å²) in [5.74, 6) is -4.40. The van der Waals surface area contributed by atoms with E-state index in [0.29, 0.717) is 36.0 Å². The fourth-order valence-electron chi connectivity index (χ4n) is 3.44. The minimum absolute atomic E-state index is 0.114. The minimum Gasteiger partial charge on any atom is -0.393 e. The molecule has 0 saturated carbocycles. The molecule has 1 amide bonds. The van der Waals surface area contributed by atoms with Gasteiger partial charge in [-0.2, -0.15) is 0 Å². The van der Waals surface area contributed by atoms with E-state index in [-0.39, 0.29) is 37.2 Å². The van der Waals surface area contributed by atoms with Crippen molar-refractivity contribution in [1.82, 2.24) is 10.4 Å². The predicted octanol–water partition coefficient (Wildman–Crippen LogP) is 2.91. The Bertz CT molecular complexity index is 1080. The molecule has 1 fully saturated rings. The topological polar surface area (TPSA) is 116 Å². The monoisotopic (exact) mass is 622 g/mol. The van der Waals surface area contributed by atoms with Crippen LogP contribution in [0.1, 0.15) is 28.8 Å². The molecular formula is C23H26F3IN4O5. The van der Waals surface area contributed by atoms with Gasteiger partial charge < -0.3 is 25.3 Å². The number of carbonyl (C=O) groups is 1. The maximum atomic E-state index is 15.1. The van der Waals surface area contributed by atoms with Crippen LogP contribution in [0.4, 0.5) is 24.5 Å². The molecule has 4 N–H and O–H groups in total. The highest BCUT2D eigenvalue weighted by Gasteiger charge is 2.24. The molecule has 2 aromatic rings. The van der Waals surface area contributed by atoms with Gasteiger partial charge in [0.15, 0.2) is 11.6 Å². The highest BCUT2D eigenvalue weighted by molar-refractivity contribution is 14.1. The molecule has 13 heteroatoms. The molecule has 3 rings (SSSR count). The summed E-state index contributed by atoms with van der Waals surface area (Å²) in [6, 6.07) is 5.10. The normalized spacial score (nSPS) is 14.8. The highest BCUT2D eigenvalue weighted by atomic mass is 127. The van der Waals surface area contributed by atoms with Gasteiger partial charge in [-0.25, -0.2) is 18.7 Å². The lowest BCUT2D eigenvalue weighted by Crippen LogP contribution is -2.39. The number of anilines is 2. The number of amides is 1. The number of carbonyl (C=O) groups excluding carboxylic acids is 1. The molecule has 0 aromatic heterocycles. The van der Waals surface area contributed by atoms with Crippen molar-refractivity contribution in [2.24, 2.45) is 5.16 Å². The number of oxime groups is 1. The van der Waals surface area contributed by atoms with Crippen LogP contribution in [-0.2, 0) is 9.68 Å². The number of piperidine rings is 1. The number of rotatable bonds is 11. The number of nitrogens with zero attached hydrogens (tertiary/aromatic N) is 2. The van der Waals surface area contributed by atoms with Crippen LogP contribution < -0.4 is 10.8 Å². The van der Waals surface area contributed by atoms with Gasteiger partial charge in [-0.3, -0.25) is 9.63 Å². The minimum atomic E-state index is -1.43. The lowest BCUT2D eigenvalue weighted by atomic mass is 10.1. The predicted molar refractivity (Wildman–Crippen MR) is 134 cm³/mol. The van der Waals surface area contributed by atoms with E-state index in [0.717, 1.165) is 12.3 Å². The largest absolute Gasteiger partial charge is 0.393 e. The van der Waals surface area contributed by atoms with Gasteiger partial charge in [-0.05, 0) is 59.7 Å². The number of likely N-dealkylation sites (tertiary alicyclic amines) is 1. The van der Waals surface area contributed by atoms with Gasteiger partial charge in [-0.1, -0.05) is 5.16 Å². The fraction of sp³-hybridized carbons (Fsp3) is 0.391. The molecule has 1 saturated heterocycles. The third-order valence-corrected chi connectivity index (χ3v) is 6.02. The number of benzene rings is 2. The molecule has 0 radical (unpaired) electrons. The Morgan fingerprint density at radius 3 is 2.64 bits per heavy atom. The second-order valence-electron chi connectivity index (χ2n) is 7.91. The Kier molecular flexibility index (Phi) is 10.7. The highest BCUT2D eigenvalue weighted by Crippen LogP contribution is 2.30. The zero-order valence-electron chi connectivity index (χ0n) is 19.1. The van der Waals surface area contributed by atoms with Crippen molar-refractivity contribution in [2.45, 2.75) is 18.9 Å². The Morgan fingerprint density at radius 1 is 1.19 bits per heavy atom. The summed E-state index contributed by atoms with van der Waals surface area (Å²) in [6.07, 6.45) is 1.84. The number of hydrogen-bond donors (Lipinski definition) is 4. The number of halogens is 4. The quantitative estimate of drug-likeness (QED) is 0.132. The zero-order chi connectivity index (χ0) is 26.1. The first kappa shape index (κ1) is 28.1. The third-order valence-electron chi connectivity index (χ3n) is 5.35. The van der Waals surface area contributed by atoms with Crippen molar-refractivity contribution in [2.75, 3.05) is 44.8 Å². The summed E-state index contributed by atoms with van der Waals surface area (Å²) in [5, 5.41) is 24.2. The second kappa shape index (κ2) is 13.7. The molecule has 0 spiro atoms. The van der Waals surface area contributed by atoms with E-state index in [2.05, 4.69) is 20.9 Å². The summed E-state index contributed by atoms with van der Waals surface area (Å²) in [4.78, 5) is 24.9. The summed E-state index contributed by atoms with van der Waals surface area (Å²) in [7, 11) is 0. The molecule has 1 aliphatic rings. The molecule has 1 heterocycles. The molecule has 196 valence electrons. The van der Waals surface area contributed by atoms with Crippen LogP contribution in [0.15, 0.2) is 29.4 Å². The Labute approximate surface area is 219 Å². The first-order valence-electron chi connectivity index (χ1n) is 11.1. The molecule has 9 nitrogen and oxygen atoms in total. The van der Waals surface area contributed by atoms with Crippen LogP contribution in [0.25, 0.3) is 0 Å². The Hall–Kier alpha value is -2.46. The van der Waals surface area contributed by atoms with Crippen LogP contribution in [-0.4, -0.2) is 72.8 Å². The zero-order valence-corrected chi connectivity index (χ0v) is 21.3. The number of hydroxylamine groups is 1. The van der Waals surface area contributed by atoms with Crippen molar-refractivity contribution in [1.29, 1.82) is 0 Å². The molecule has 1 aliphatic heterocycles. The number of aliphatic hydroxyl groups excluding tert-OH is 2.